The van der Waals surface area contributed by atoms with Gasteiger partial charge in [0.25, 0.3) is 0 Å². The molecule has 0 aliphatic rings. The highest BCUT2D eigenvalue weighted by atomic mass is 79.9. The number of halogens is 1. The second-order valence-corrected chi connectivity index (χ2v) is 6.15. The Balaban J connectivity index is 3.12. The van der Waals surface area contributed by atoms with Gasteiger partial charge in [-0.15, -0.1) is 0 Å². The maximum atomic E-state index is 11.6. The summed E-state index contributed by atoms with van der Waals surface area (Å²) in [4.78, 5) is 11.2. The SMILES string of the molecule is COC(=O)CN(c1cccc(Br)c1)S(C)(=O)=O. The number of esters is 1. The van der Waals surface area contributed by atoms with Gasteiger partial charge in [-0.3, -0.25) is 9.10 Å². The smallest absolute Gasteiger partial charge is 0.326 e. The van der Waals surface area contributed by atoms with Crippen molar-refractivity contribution >= 4 is 37.6 Å². The summed E-state index contributed by atoms with van der Waals surface area (Å²) in [6.45, 7) is -0.341. The van der Waals surface area contributed by atoms with Gasteiger partial charge in [0.2, 0.25) is 10.0 Å². The number of sulfonamides is 1. The largest absolute Gasteiger partial charge is 0.468 e. The van der Waals surface area contributed by atoms with Crippen LogP contribution in [0.25, 0.3) is 0 Å². The van der Waals surface area contributed by atoms with Crippen LogP contribution in [-0.2, 0) is 19.6 Å². The van der Waals surface area contributed by atoms with Crippen LogP contribution in [0.4, 0.5) is 5.69 Å². The fraction of sp³-hybridized carbons (Fsp3) is 0.300. The van der Waals surface area contributed by atoms with Gasteiger partial charge in [0, 0.05) is 4.47 Å². The molecule has 0 heterocycles. The summed E-state index contributed by atoms with van der Waals surface area (Å²) in [5.74, 6) is -0.615. The van der Waals surface area contributed by atoms with Gasteiger partial charge < -0.3 is 4.74 Å². The van der Waals surface area contributed by atoms with Crippen molar-refractivity contribution < 1.29 is 17.9 Å². The Morgan fingerprint density at radius 2 is 2.12 bits per heavy atom. The molecular formula is C10H12BrNO4S. The third-order valence-corrected chi connectivity index (χ3v) is 3.63. The lowest BCUT2D eigenvalue weighted by atomic mass is 10.3. The topological polar surface area (TPSA) is 63.7 Å². The zero-order chi connectivity index (χ0) is 13.1. The highest BCUT2D eigenvalue weighted by Gasteiger charge is 2.21. The minimum absolute atomic E-state index is 0.341. The first-order valence-corrected chi connectivity index (χ1v) is 7.29. The summed E-state index contributed by atoms with van der Waals surface area (Å²) in [5, 5.41) is 0. The van der Waals surface area contributed by atoms with E-state index < -0.39 is 16.0 Å². The first-order chi connectivity index (χ1) is 7.84. The van der Waals surface area contributed by atoms with Gasteiger partial charge >= 0.3 is 5.97 Å². The van der Waals surface area contributed by atoms with Gasteiger partial charge in [-0.25, -0.2) is 8.42 Å². The van der Waals surface area contributed by atoms with E-state index in [4.69, 9.17) is 0 Å². The molecule has 0 unspecified atom stereocenters. The fourth-order valence-electron chi connectivity index (χ4n) is 1.21. The summed E-state index contributed by atoms with van der Waals surface area (Å²) in [5.41, 5.74) is 0.410. The molecule has 1 aromatic rings. The Morgan fingerprint density at radius 1 is 1.47 bits per heavy atom. The molecule has 94 valence electrons. The minimum Gasteiger partial charge on any atom is -0.468 e. The molecule has 17 heavy (non-hydrogen) atoms. The van der Waals surface area contributed by atoms with Crippen LogP contribution in [0.5, 0.6) is 0 Å². The van der Waals surface area contributed by atoms with E-state index in [2.05, 4.69) is 20.7 Å². The lowest BCUT2D eigenvalue weighted by Gasteiger charge is -2.21. The Labute approximate surface area is 109 Å². The summed E-state index contributed by atoms with van der Waals surface area (Å²) in [6.07, 6.45) is 1.04. The second-order valence-electron chi connectivity index (χ2n) is 3.33. The fourth-order valence-corrected chi connectivity index (χ4v) is 2.44. The normalized spacial score (nSPS) is 11.0. The first kappa shape index (κ1) is 14.0. The molecular weight excluding hydrogens is 310 g/mol. The van der Waals surface area contributed by atoms with Crippen LogP contribution in [-0.4, -0.2) is 34.3 Å². The first-order valence-electron chi connectivity index (χ1n) is 4.64. The average Bonchev–Trinajstić information content (AvgIpc) is 2.23. The second kappa shape index (κ2) is 5.50. The quantitative estimate of drug-likeness (QED) is 0.786. The number of hydrogen-bond acceptors (Lipinski definition) is 4. The lowest BCUT2D eigenvalue weighted by Crippen LogP contribution is -2.35. The zero-order valence-electron chi connectivity index (χ0n) is 9.38. The van der Waals surface area contributed by atoms with E-state index in [-0.39, 0.29) is 6.54 Å². The van der Waals surface area contributed by atoms with Gasteiger partial charge in [-0.2, -0.15) is 0 Å². The lowest BCUT2D eigenvalue weighted by molar-refractivity contribution is -0.138. The molecule has 1 rings (SSSR count). The van der Waals surface area contributed by atoms with E-state index >= 15 is 0 Å². The standard InChI is InChI=1S/C10H12BrNO4S/c1-16-10(13)7-12(17(2,14)15)9-5-3-4-8(11)6-9/h3-6H,7H2,1-2H3. The van der Waals surface area contributed by atoms with Crippen molar-refractivity contribution in [2.45, 2.75) is 0 Å². The Hall–Kier alpha value is -1.08. The van der Waals surface area contributed by atoms with Crippen molar-refractivity contribution in [1.82, 2.24) is 0 Å². The molecule has 0 bridgehead atoms. The highest BCUT2D eigenvalue weighted by molar-refractivity contribution is 9.10. The number of carbonyl (C=O) groups is 1. The Bertz CT molecular complexity index is 515. The Morgan fingerprint density at radius 3 is 2.59 bits per heavy atom. The van der Waals surface area contributed by atoms with Crippen LogP contribution < -0.4 is 4.31 Å². The van der Waals surface area contributed by atoms with Crippen molar-refractivity contribution in [2.24, 2.45) is 0 Å². The van der Waals surface area contributed by atoms with Gasteiger partial charge in [-0.1, -0.05) is 22.0 Å². The van der Waals surface area contributed by atoms with Crippen molar-refractivity contribution in [3.05, 3.63) is 28.7 Å². The number of rotatable bonds is 4. The predicted octanol–water partition coefficient (Wildman–Crippen LogP) is 1.39. The van der Waals surface area contributed by atoms with E-state index in [1.165, 1.54) is 7.11 Å². The van der Waals surface area contributed by atoms with Crippen LogP contribution in [0.15, 0.2) is 28.7 Å². The third-order valence-electron chi connectivity index (χ3n) is 2.00. The third kappa shape index (κ3) is 4.01. The van der Waals surface area contributed by atoms with Crippen molar-refractivity contribution in [3.8, 4) is 0 Å². The number of ether oxygens (including phenoxy) is 1. The molecule has 0 aliphatic carbocycles. The number of benzene rings is 1. The van der Waals surface area contributed by atoms with E-state index in [1.807, 2.05) is 0 Å². The number of methoxy groups -OCH3 is 1. The average molecular weight is 322 g/mol. The van der Waals surface area contributed by atoms with Crippen LogP contribution in [0.3, 0.4) is 0 Å². The molecule has 7 heteroatoms. The minimum atomic E-state index is -3.53. The van der Waals surface area contributed by atoms with Crippen molar-refractivity contribution in [2.75, 3.05) is 24.2 Å². The molecule has 0 amide bonds. The van der Waals surface area contributed by atoms with E-state index in [0.717, 1.165) is 15.0 Å². The molecule has 0 atom stereocenters. The molecule has 0 radical (unpaired) electrons. The number of anilines is 1. The van der Waals surface area contributed by atoms with Crippen LogP contribution in [0, 0.1) is 0 Å². The van der Waals surface area contributed by atoms with E-state index in [9.17, 15) is 13.2 Å². The Kier molecular flexibility index (Phi) is 4.53. The summed E-state index contributed by atoms with van der Waals surface area (Å²) >= 11 is 3.24. The summed E-state index contributed by atoms with van der Waals surface area (Å²) in [6, 6.07) is 6.68. The van der Waals surface area contributed by atoms with Gasteiger partial charge in [0.05, 0.1) is 19.1 Å². The summed E-state index contributed by atoms with van der Waals surface area (Å²) < 4.78 is 29.4. The number of carbonyl (C=O) groups excluding carboxylic acids is 1. The van der Waals surface area contributed by atoms with Crippen LogP contribution in [0.1, 0.15) is 0 Å². The molecule has 0 aliphatic heterocycles. The summed E-state index contributed by atoms with van der Waals surface area (Å²) in [7, 11) is -2.32. The van der Waals surface area contributed by atoms with Crippen LogP contribution >= 0.6 is 15.9 Å². The van der Waals surface area contributed by atoms with E-state index in [1.54, 1.807) is 24.3 Å². The van der Waals surface area contributed by atoms with Crippen LogP contribution in [0.2, 0.25) is 0 Å². The number of nitrogens with zero attached hydrogens (tertiary/aromatic N) is 1. The molecule has 0 saturated carbocycles. The maximum Gasteiger partial charge on any atom is 0.326 e. The molecule has 0 fully saturated rings. The maximum absolute atomic E-state index is 11.6. The van der Waals surface area contributed by atoms with Gasteiger partial charge in [0.15, 0.2) is 0 Å². The van der Waals surface area contributed by atoms with Crippen molar-refractivity contribution in [1.29, 1.82) is 0 Å². The van der Waals surface area contributed by atoms with Gasteiger partial charge in [0.1, 0.15) is 6.54 Å². The van der Waals surface area contributed by atoms with Gasteiger partial charge in [-0.05, 0) is 18.2 Å². The highest BCUT2D eigenvalue weighted by Crippen LogP contribution is 2.21. The molecule has 1 aromatic carbocycles. The van der Waals surface area contributed by atoms with Crippen molar-refractivity contribution in [3.63, 3.8) is 0 Å². The molecule has 0 saturated heterocycles. The van der Waals surface area contributed by atoms with E-state index in [0.29, 0.717) is 5.69 Å². The molecule has 0 N–H and O–H groups in total. The number of hydrogen-bond donors (Lipinski definition) is 0. The molecule has 5 nitrogen and oxygen atoms in total. The zero-order valence-corrected chi connectivity index (χ0v) is 11.8. The predicted molar refractivity (Wildman–Crippen MR) is 68.3 cm³/mol. The molecule has 0 aromatic heterocycles. The molecule has 0 spiro atoms. The monoisotopic (exact) mass is 321 g/mol.